The zero-order valence-electron chi connectivity index (χ0n) is 14.6. The summed E-state index contributed by atoms with van der Waals surface area (Å²) in [6, 6.07) is 25.3. The number of rotatable bonds is 5. The number of hydrogen-bond acceptors (Lipinski definition) is 7. The quantitative estimate of drug-likeness (QED) is 0.126. The van der Waals surface area contributed by atoms with Crippen molar-refractivity contribution in [1.82, 2.24) is 0 Å². The summed E-state index contributed by atoms with van der Waals surface area (Å²) < 4.78 is 24.6. The second-order valence-electron chi connectivity index (χ2n) is 5.63. The van der Waals surface area contributed by atoms with Gasteiger partial charge in [0.2, 0.25) is 0 Å². The molecule has 29 heavy (non-hydrogen) atoms. The van der Waals surface area contributed by atoms with Crippen LogP contribution in [0.15, 0.2) is 78.9 Å². The lowest BCUT2D eigenvalue weighted by atomic mass is 10.2. The normalized spacial score (nSPS) is 14.0. The Morgan fingerprint density at radius 1 is 0.621 bits per heavy atom. The van der Waals surface area contributed by atoms with Crippen LogP contribution in [-0.2, 0) is 43.1 Å². The molecule has 0 radical (unpaired) electrons. The van der Waals surface area contributed by atoms with E-state index >= 15 is 0 Å². The van der Waals surface area contributed by atoms with Crippen molar-refractivity contribution in [1.29, 1.82) is 0 Å². The molecule has 0 amide bonds. The molecular formula is C18H13I2NO2P2S4-2. The second-order valence-corrected chi connectivity index (χ2v) is 29.2. The maximum absolute atomic E-state index is 12.3. The predicted octanol–water partition coefficient (Wildman–Crippen LogP) is 6.75. The van der Waals surface area contributed by atoms with E-state index in [2.05, 4.69) is 4.90 Å². The Hall–Kier alpha value is 0.260. The molecule has 0 bridgehead atoms. The predicted molar refractivity (Wildman–Crippen MR) is 153 cm³/mol. The Balaban J connectivity index is 2.10. The molecule has 0 saturated heterocycles. The van der Waals surface area contributed by atoms with Crippen LogP contribution in [0.3, 0.4) is 0 Å². The van der Waals surface area contributed by atoms with Crippen molar-refractivity contribution in [3.05, 3.63) is 78.9 Å². The fraction of sp³-hybridized carbons (Fsp3) is 0. The molecule has 0 aromatic heterocycles. The van der Waals surface area contributed by atoms with Crippen LogP contribution in [0.2, 0.25) is 0 Å². The van der Waals surface area contributed by atoms with E-state index in [-0.39, 0.29) is 0 Å². The van der Waals surface area contributed by atoms with Crippen molar-refractivity contribution in [3.63, 3.8) is 0 Å². The van der Waals surface area contributed by atoms with Gasteiger partial charge in [0.1, 0.15) is 0 Å². The van der Waals surface area contributed by atoms with Gasteiger partial charge in [-0.2, -0.15) is 0 Å². The fourth-order valence-electron chi connectivity index (χ4n) is 2.64. The van der Waals surface area contributed by atoms with Crippen LogP contribution in [0.25, 0.3) is 0 Å². The number of halogens is 2. The van der Waals surface area contributed by atoms with Crippen molar-refractivity contribution in [2.24, 2.45) is 0 Å². The molecule has 2 unspecified atom stereocenters. The fourth-order valence-corrected chi connectivity index (χ4v) is 11.1. The lowest BCUT2D eigenvalue weighted by molar-refractivity contribution is 0.601. The number of hydrogen-bond donors (Lipinski definition) is 0. The summed E-state index contributed by atoms with van der Waals surface area (Å²) in [5, 5.41) is 1.52. The first-order chi connectivity index (χ1) is 13.9. The van der Waals surface area contributed by atoms with Crippen molar-refractivity contribution in [2.45, 2.75) is 0 Å². The van der Waals surface area contributed by atoms with E-state index in [9.17, 15) is 9.13 Å². The zero-order valence-corrected chi connectivity index (χ0v) is 23.9. The van der Waals surface area contributed by atoms with E-state index < -0.39 is 24.8 Å². The van der Waals surface area contributed by atoms with Crippen LogP contribution in [0, 0.1) is 0 Å². The average molecular weight is 719 g/mol. The molecule has 152 valence electrons. The largest absolute Gasteiger partial charge is 0.311 e. The number of benzene rings is 3. The molecule has 2 atom stereocenters. The van der Waals surface area contributed by atoms with Gasteiger partial charge in [-0.1, -0.05) is 18.2 Å². The molecule has 0 N–H and O–H groups in total. The van der Waals surface area contributed by atoms with E-state index in [1.54, 1.807) is 0 Å². The van der Waals surface area contributed by atoms with Crippen LogP contribution < -0.4 is 15.5 Å². The third-order valence-corrected chi connectivity index (χ3v) is 17.6. The molecule has 0 spiro atoms. The van der Waals surface area contributed by atoms with Crippen molar-refractivity contribution >= 4 is 117 Å². The summed E-state index contributed by atoms with van der Waals surface area (Å²) in [4.78, 5) is 2.10. The first kappa shape index (κ1) is 23.9. The Labute approximate surface area is 207 Å². The highest BCUT2D eigenvalue weighted by Gasteiger charge is 2.12. The molecule has 0 aliphatic heterocycles. The third kappa shape index (κ3) is 6.16. The Bertz CT molecular complexity index is 1210. The summed E-state index contributed by atoms with van der Waals surface area (Å²) in [6.07, 6.45) is 0. The summed E-state index contributed by atoms with van der Waals surface area (Å²) in [5.41, 5.74) is 2.88. The molecule has 3 aromatic rings. The highest BCUT2D eigenvalue weighted by atomic mass is 127. The first-order valence-corrected chi connectivity index (χ1v) is 21.2. The van der Waals surface area contributed by atoms with Crippen LogP contribution in [0.1, 0.15) is 0 Å². The molecule has 3 aromatic carbocycles. The van der Waals surface area contributed by atoms with E-state index in [1.165, 1.54) is 0 Å². The highest BCUT2D eigenvalue weighted by molar-refractivity contribution is 14.2. The summed E-state index contributed by atoms with van der Waals surface area (Å²) in [5.74, 6) is -1.20. The van der Waals surface area contributed by atoms with Gasteiger partial charge in [-0.15, -0.1) is 0 Å². The number of para-hydroxylation sites is 1. The van der Waals surface area contributed by atoms with Gasteiger partial charge in [0.15, 0.2) is 0 Å². The molecule has 0 heterocycles. The second kappa shape index (κ2) is 11.2. The zero-order chi connectivity index (χ0) is 21.0. The van der Waals surface area contributed by atoms with Gasteiger partial charge in [0.05, 0.1) is 0 Å². The number of nitrogens with zero attached hydrogens (tertiary/aromatic N) is 1. The standard InChI is InChI=1S/C18H13I2NO2P2S4/c19-28(26)24(22)17-10-6-15(7-11-17)21(14-4-2-1-3-5-14)16-8-12-18(13-9-16)25(23)29(20)27/h1-13H/q-2. The molecule has 11 heteroatoms. The molecule has 0 aliphatic rings. The molecule has 0 aliphatic carbocycles. The maximum Gasteiger partial charge on any atom is 0.0462 e. The van der Waals surface area contributed by atoms with Gasteiger partial charge in [-0.3, -0.25) is 34.0 Å². The Kier molecular flexibility index (Phi) is 9.25. The number of anilines is 3. The van der Waals surface area contributed by atoms with Crippen molar-refractivity contribution in [2.75, 3.05) is 4.90 Å². The minimum Gasteiger partial charge on any atom is -0.311 e. The van der Waals surface area contributed by atoms with E-state index in [0.29, 0.717) is 0 Å². The van der Waals surface area contributed by atoms with Crippen LogP contribution in [0.4, 0.5) is 17.1 Å². The topological polar surface area (TPSA) is 37.4 Å². The highest BCUT2D eigenvalue weighted by Crippen LogP contribution is 2.34. The van der Waals surface area contributed by atoms with E-state index in [0.717, 1.165) is 27.7 Å². The molecule has 0 fully saturated rings. The molecule has 0 saturated carbocycles. The van der Waals surface area contributed by atoms with Gasteiger partial charge < -0.3 is 14.0 Å². The van der Waals surface area contributed by atoms with Crippen molar-refractivity contribution < 1.29 is 9.13 Å². The van der Waals surface area contributed by atoms with Gasteiger partial charge in [-0.05, 0) is 60.7 Å². The summed E-state index contributed by atoms with van der Waals surface area (Å²) in [7, 11) is 0. The SMILES string of the molecule is O=P(c1ccc(N(c2ccccc2)c2ccc(P(=O)=[S-](=S)I)cc2)cc1)=[S-](=S)I. The van der Waals surface area contributed by atoms with E-state index in [1.807, 2.05) is 121 Å². The monoisotopic (exact) mass is 719 g/mol. The third-order valence-electron chi connectivity index (χ3n) is 3.91. The lowest BCUT2D eigenvalue weighted by Gasteiger charge is -2.25. The van der Waals surface area contributed by atoms with Gasteiger partial charge in [0.25, 0.3) is 0 Å². The maximum atomic E-state index is 12.3. The molecule has 3 nitrogen and oxygen atoms in total. The smallest absolute Gasteiger partial charge is 0.0462 e. The minimum absolute atomic E-state index is 0.599. The average Bonchev–Trinajstić information content (AvgIpc) is 2.74. The summed E-state index contributed by atoms with van der Waals surface area (Å²) >= 11 is 14.4. The van der Waals surface area contributed by atoms with Gasteiger partial charge in [-0.25, -0.2) is 42.4 Å². The van der Waals surface area contributed by atoms with E-state index in [4.69, 9.17) is 22.4 Å². The van der Waals surface area contributed by atoms with Crippen LogP contribution >= 0.6 is 55.6 Å². The lowest BCUT2D eigenvalue weighted by Crippen LogP contribution is -2.11. The van der Waals surface area contributed by atoms with Crippen LogP contribution in [-0.4, -0.2) is 0 Å². The Morgan fingerprint density at radius 2 is 0.966 bits per heavy atom. The molecular weight excluding hydrogens is 706 g/mol. The first-order valence-electron chi connectivity index (χ1n) is 8.04. The Morgan fingerprint density at radius 3 is 1.31 bits per heavy atom. The van der Waals surface area contributed by atoms with Gasteiger partial charge in [0, 0.05) is 40.8 Å². The van der Waals surface area contributed by atoms with Crippen molar-refractivity contribution in [3.8, 4) is 0 Å². The molecule has 3 rings (SSSR count). The van der Waals surface area contributed by atoms with Gasteiger partial charge >= 0.3 is 0 Å². The minimum atomic E-state index is -1.57. The summed E-state index contributed by atoms with van der Waals surface area (Å²) in [6.45, 7) is -3.15. The van der Waals surface area contributed by atoms with Crippen LogP contribution in [0.5, 0.6) is 0 Å².